The highest BCUT2D eigenvalue weighted by atomic mass is 16.7. The van der Waals surface area contributed by atoms with Gasteiger partial charge in [-0.25, -0.2) is 9.78 Å². The lowest BCUT2D eigenvalue weighted by molar-refractivity contribution is 0.0150. The van der Waals surface area contributed by atoms with Gasteiger partial charge in [0.1, 0.15) is 17.9 Å². The Morgan fingerprint density at radius 2 is 1.91 bits per heavy atom. The smallest absolute Gasteiger partial charge is 0.450 e. The maximum absolute atomic E-state index is 9.79. The van der Waals surface area contributed by atoms with Crippen molar-refractivity contribution < 1.29 is 19.7 Å². The molecule has 0 aliphatic heterocycles. The van der Waals surface area contributed by atoms with Crippen LogP contribution in [0.1, 0.15) is 26.5 Å². The minimum absolute atomic E-state index is 0.130. The minimum atomic E-state index is -1.22. The highest BCUT2D eigenvalue weighted by Gasteiger charge is 2.13. The number of ether oxygens (including phenoxy) is 1. The van der Waals surface area contributed by atoms with Crippen LogP contribution < -0.4 is 0 Å². The predicted molar refractivity (Wildman–Crippen MR) is 84.6 cm³/mol. The maximum Gasteiger partial charge on any atom is 0.506 e. The molecular weight excluding hydrogens is 282 g/mol. The molecule has 22 heavy (non-hydrogen) atoms. The van der Waals surface area contributed by atoms with Gasteiger partial charge in [-0.2, -0.15) is 0 Å². The average Bonchev–Trinajstić information content (AvgIpc) is 2.43. The van der Waals surface area contributed by atoms with Crippen molar-refractivity contribution in [3.8, 4) is 11.8 Å². The monoisotopic (exact) mass is 301 g/mol. The molecule has 0 unspecified atom stereocenters. The number of pyridine rings is 1. The first-order valence-corrected chi connectivity index (χ1v) is 6.69. The summed E-state index contributed by atoms with van der Waals surface area (Å²) in [5.41, 5.74) is 1.04. The van der Waals surface area contributed by atoms with Crippen LogP contribution in [0.3, 0.4) is 0 Å². The lowest BCUT2D eigenvalue weighted by atomic mass is 10.2. The highest BCUT2D eigenvalue weighted by Crippen LogP contribution is 2.10. The molecule has 0 spiro atoms. The summed E-state index contributed by atoms with van der Waals surface area (Å²) in [6.45, 7) is 4.91. The molecule has 0 saturated heterocycles. The van der Waals surface area contributed by atoms with Gasteiger partial charge in [0.2, 0.25) is 0 Å². The van der Waals surface area contributed by atoms with Crippen LogP contribution in [0.4, 0.5) is 4.79 Å². The Morgan fingerprint density at radius 1 is 1.23 bits per heavy atom. The number of hydrogen-bond acceptors (Lipinski definition) is 4. The van der Waals surface area contributed by atoms with Gasteiger partial charge < -0.3 is 14.9 Å². The molecule has 5 nitrogen and oxygen atoms in total. The number of benzene rings is 1. The molecule has 0 amide bonds. The van der Waals surface area contributed by atoms with E-state index < -0.39 is 11.8 Å². The van der Waals surface area contributed by atoms with Crippen molar-refractivity contribution in [3.63, 3.8) is 0 Å². The number of carbonyl (C=O) groups is 1. The molecule has 116 valence electrons. The predicted octanol–water partition coefficient (Wildman–Crippen LogP) is 3.06. The Labute approximate surface area is 129 Å². The van der Waals surface area contributed by atoms with Crippen LogP contribution in [0.5, 0.6) is 0 Å². The standard InChI is InChI=1S/C12H9NO.C5H10O3/c14-9-3-5-11-8-7-10-4-1-2-6-12(10)13-11;1-5(2,3)8-4(6)7/h1-2,4,6-8,14H,9H2;1-3H3,(H,6,7). The van der Waals surface area contributed by atoms with Gasteiger partial charge >= 0.3 is 6.16 Å². The number of nitrogens with zero attached hydrogens (tertiary/aromatic N) is 1. The summed E-state index contributed by atoms with van der Waals surface area (Å²) >= 11 is 0. The topological polar surface area (TPSA) is 79.7 Å². The maximum atomic E-state index is 9.79. The number of aliphatic hydroxyl groups is 1. The first kappa shape index (κ1) is 17.5. The molecule has 0 aliphatic carbocycles. The molecule has 1 aromatic carbocycles. The van der Waals surface area contributed by atoms with Crippen molar-refractivity contribution in [2.75, 3.05) is 6.61 Å². The number of fused-ring (bicyclic) bond motifs is 1. The van der Waals surface area contributed by atoms with E-state index in [2.05, 4.69) is 21.6 Å². The molecule has 1 heterocycles. The van der Waals surface area contributed by atoms with Gasteiger partial charge in [-0.3, -0.25) is 0 Å². The van der Waals surface area contributed by atoms with Crippen molar-refractivity contribution in [2.24, 2.45) is 0 Å². The van der Waals surface area contributed by atoms with Crippen LogP contribution in [-0.4, -0.2) is 33.6 Å². The number of aromatic nitrogens is 1. The largest absolute Gasteiger partial charge is 0.506 e. The lowest BCUT2D eigenvalue weighted by Gasteiger charge is -2.15. The van der Waals surface area contributed by atoms with Crippen molar-refractivity contribution in [2.45, 2.75) is 26.4 Å². The highest BCUT2D eigenvalue weighted by molar-refractivity contribution is 5.78. The second-order valence-corrected chi connectivity index (χ2v) is 5.33. The molecule has 2 rings (SSSR count). The number of hydrogen-bond donors (Lipinski definition) is 2. The second-order valence-electron chi connectivity index (χ2n) is 5.33. The Bertz CT molecular complexity index is 693. The summed E-state index contributed by atoms with van der Waals surface area (Å²) < 4.78 is 4.35. The molecule has 0 radical (unpaired) electrons. The van der Waals surface area contributed by atoms with Crippen LogP contribution >= 0.6 is 0 Å². The van der Waals surface area contributed by atoms with E-state index in [9.17, 15) is 4.79 Å². The molecule has 0 atom stereocenters. The minimum Gasteiger partial charge on any atom is -0.450 e. The molecule has 5 heteroatoms. The SMILES string of the molecule is CC(C)(C)OC(=O)O.OCC#Cc1ccc2ccccc2n1. The van der Waals surface area contributed by atoms with Gasteiger partial charge in [0.25, 0.3) is 0 Å². The number of para-hydroxylation sites is 1. The zero-order chi connectivity index (χ0) is 16.6. The fourth-order valence-corrected chi connectivity index (χ4v) is 1.53. The van der Waals surface area contributed by atoms with E-state index in [4.69, 9.17) is 10.2 Å². The third-order valence-corrected chi connectivity index (χ3v) is 2.29. The number of carboxylic acid groups (broad SMARTS) is 1. The summed E-state index contributed by atoms with van der Waals surface area (Å²) in [6.07, 6.45) is -1.22. The van der Waals surface area contributed by atoms with Crippen LogP contribution in [0.25, 0.3) is 10.9 Å². The average molecular weight is 301 g/mol. The summed E-state index contributed by atoms with van der Waals surface area (Å²) in [5, 5.41) is 17.7. The molecular formula is C17H19NO4. The van der Waals surface area contributed by atoms with Crippen molar-refractivity contribution in [1.29, 1.82) is 0 Å². The third kappa shape index (κ3) is 6.73. The normalized spacial score (nSPS) is 10.0. The number of rotatable bonds is 0. The Balaban J connectivity index is 0.000000261. The summed E-state index contributed by atoms with van der Waals surface area (Å²) in [5.74, 6) is 5.35. The zero-order valence-electron chi connectivity index (χ0n) is 12.8. The number of aliphatic hydroxyl groups excluding tert-OH is 1. The quantitative estimate of drug-likeness (QED) is 0.577. The molecule has 0 saturated carbocycles. The third-order valence-electron chi connectivity index (χ3n) is 2.29. The van der Waals surface area contributed by atoms with E-state index in [1.54, 1.807) is 20.8 Å². The molecule has 2 aromatic rings. The van der Waals surface area contributed by atoms with Gasteiger partial charge in [0, 0.05) is 5.39 Å². The summed E-state index contributed by atoms with van der Waals surface area (Å²) in [7, 11) is 0. The van der Waals surface area contributed by atoms with Crippen LogP contribution in [-0.2, 0) is 4.74 Å². The van der Waals surface area contributed by atoms with E-state index in [1.165, 1.54) is 0 Å². The summed E-state index contributed by atoms with van der Waals surface area (Å²) in [6, 6.07) is 11.7. The Morgan fingerprint density at radius 3 is 2.45 bits per heavy atom. The first-order chi connectivity index (χ1) is 10.3. The van der Waals surface area contributed by atoms with Gasteiger partial charge in [-0.1, -0.05) is 30.2 Å². The van der Waals surface area contributed by atoms with E-state index >= 15 is 0 Å². The van der Waals surface area contributed by atoms with Crippen molar-refractivity contribution >= 4 is 17.1 Å². The lowest BCUT2D eigenvalue weighted by Crippen LogP contribution is -2.22. The van der Waals surface area contributed by atoms with Crippen LogP contribution in [0.15, 0.2) is 36.4 Å². The van der Waals surface area contributed by atoms with E-state index in [1.807, 2.05) is 36.4 Å². The second kappa shape index (κ2) is 8.01. The van der Waals surface area contributed by atoms with Gasteiger partial charge in [-0.05, 0) is 38.8 Å². The summed E-state index contributed by atoms with van der Waals surface area (Å²) in [4.78, 5) is 14.1. The Hall–Kier alpha value is -2.58. The van der Waals surface area contributed by atoms with E-state index in [0.717, 1.165) is 10.9 Å². The molecule has 2 N–H and O–H groups in total. The fourth-order valence-electron chi connectivity index (χ4n) is 1.53. The molecule has 0 aliphatic rings. The van der Waals surface area contributed by atoms with Crippen molar-refractivity contribution in [3.05, 3.63) is 42.1 Å². The van der Waals surface area contributed by atoms with E-state index in [-0.39, 0.29) is 6.61 Å². The Kier molecular flexibility index (Phi) is 6.36. The van der Waals surface area contributed by atoms with Crippen molar-refractivity contribution in [1.82, 2.24) is 4.98 Å². The van der Waals surface area contributed by atoms with Gasteiger partial charge in [0.05, 0.1) is 5.52 Å². The fraction of sp³-hybridized carbons (Fsp3) is 0.294. The van der Waals surface area contributed by atoms with Gasteiger partial charge in [-0.15, -0.1) is 0 Å². The zero-order valence-corrected chi connectivity index (χ0v) is 12.8. The van der Waals surface area contributed by atoms with Gasteiger partial charge in [0.15, 0.2) is 0 Å². The first-order valence-electron chi connectivity index (χ1n) is 6.69. The van der Waals surface area contributed by atoms with E-state index in [0.29, 0.717) is 5.69 Å². The van der Waals surface area contributed by atoms with Crippen LogP contribution in [0.2, 0.25) is 0 Å². The molecule has 1 aromatic heterocycles. The van der Waals surface area contributed by atoms with Crippen LogP contribution in [0, 0.1) is 11.8 Å². The molecule has 0 fully saturated rings. The molecule has 0 bridgehead atoms.